The number of nitrogens with one attached hydrogen (secondary N) is 1. The molecule has 2 nitrogen and oxygen atoms in total. The molecule has 0 saturated carbocycles. The Hall–Kier alpha value is -1.52. The van der Waals surface area contributed by atoms with E-state index in [2.05, 4.69) is 5.32 Å². The van der Waals surface area contributed by atoms with Crippen LogP contribution in [0.3, 0.4) is 0 Å². The first-order valence-electron chi connectivity index (χ1n) is 7.58. The topological polar surface area (TPSA) is 29.1 Å². The highest BCUT2D eigenvalue weighted by Crippen LogP contribution is 2.37. The Labute approximate surface area is 144 Å². The van der Waals surface area contributed by atoms with Crippen LogP contribution >= 0.6 is 23.4 Å². The van der Waals surface area contributed by atoms with Crippen molar-refractivity contribution in [3.05, 3.63) is 64.4 Å². The van der Waals surface area contributed by atoms with E-state index in [4.69, 9.17) is 11.6 Å². The van der Waals surface area contributed by atoms with Crippen molar-refractivity contribution in [2.45, 2.75) is 30.2 Å². The molecule has 1 aliphatic heterocycles. The molecule has 1 heterocycles. The van der Waals surface area contributed by atoms with Gasteiger partial charge >= 0.3 is 0 Å². The lowest BCUT2D eigenvalue weighted by Gasteiger charge is -2.26. The van der Waals surface area contributed by atoms with Crippen LogP contribution in [0.1, 0.15) is 30.0 Å². The van der Waals surface area contributed by atoms with Crippen LogP contribution in [0.2, 0.25) is 5.02 Å². The molecule has 0 saturated heterocycles. The predicted octanol–water partition coefficient (Wildman–Crippen LogP) is 4.77. The molecule has 3 rings (SSSR count). The second-order valence-electron chi connectivity index (χ2n) is 5.53. The molecule has 1 N–H and O–H groups in total. The van der Waals surface area contributed by atoms with Crippen LogP contribution in [0.15, 0.2) is 47.4 Å². The number of benzene rings is 2. The van der Waals surface area contributed by atoms with E-state index in [0.717, 1.165) is 17.7 Å². The molecular formula is C18H17ClFNOS. The Morgan fingerprint density at radius 3 is 2.96 bits per heavy atom. The molecule has 1 unspecified atom stereocenters. The summed E-state index contributed by atoms with van der Waals surface area (Å²) in [6.45, 7) is 0. The molecule has 0 radical (unpaired) electrons. The van der Waals surface area contributed by atoms with E-state index in [9.17, 15) is 9.18 Å². The summed E-state index contributed by atoms with van der Waals surface area (Å²) in [6, 6.07) is 12.4. The zero-order valence-corrected chi connectivity index (χ0v) is 14.1. The fourth-order valence-electron chi connectivity index (χ4n) is 2.73. The van der Waals surface area contributed by atoms with Crippen molar-refractivity contribution in [1.29, 1.82) is 0 Å². The molecule has 0 bridgehead atoms. The molecule has 5 heteroatoms. The fraction of sp³-hybridized carbons (Fsp3) is 0.278. The molecule has 0 spiro atoms. The zero-order valence-electron chi connectivity index (χ0n) is 12.5. The summed E-state index contributed by atoms with van der Waals surface area (Å²) in [7, 11) is 0. The first kappa shape index (κ1) is 16.3. The molecule has 1 atom stereocenters. The fourth-order valence-corrected chi connectivity index (χ4v) is 4.02. The van der Waals surface area contributed by atoms with Crippen LogP contribution in [0, 0.1) is 5.82 Å². The highest BCUT2D eigenvalue weighted by molar-refractivity contribution is 7.99. The van der Waals surface area contributed by atoms with Crippen molar-refractivity contribution in [2.75, 3.05) is 5.75 Å². The van der Waals surface area contributed by atoms with Gasteiger partial charge < -0.3 is 5.32 Å². The van der Waals surface area contributed by atoms with E-state index in [1.54, 1.807) is 30.0 Å². The highest BCUT2D eigenvalue weighted by Gasteiger charge is 2.22. The van der Waals surface area contributed by atoms with Gasteiger partial charge in [-0.15, -0.1) is 11.8 Å². The molecule has 2 aromatic rings. The lowest BCUT2D eigenvalue weighted by molar-refractivity contribution is -0.121. The maximum atomic E-state index is 13.6. The maximum Gasteiger partial charge on any atom is 0.220 e. The zero-order chi connectivity index (χ0) is 16.2. The third kappa shape index (κ3) is 4.06. The van der Waals surface area contributed by atoms with Crippen LogP contribution in [-0.2, 0) is 11.2 Å². The van der Waals surface area contributed by atoms with Gasteiger partial charge in [0.25, 0.3) is 0 Å². The first-order valence-corrected chi connectivity index (χ1v) is 8.95. The van der Waals surface area contributed by atoms with Crippen molar-refractivity contribution in [3.63, 3.8) is 0 Å². The second kappa shape index (κ2) is 7.37. The number of fused-ring (bicyclic) bond motifs is 1. The minimum Gasteiger partial charge on any atom is -0.349 e. The molecule has 1 aliphatic rings. The van der Waals surface area contributed by atoms with E-state index in [-0.39, 0.29) is 24.2 Å². The summed E-state index contributed by atoms with van der Waals surface area (Å²) < 4.78 is 13.6. The SMILES string of the molecule is O=C(CCc1ccccc1F)NC1CCSc2ccc(Cl)cc21. The second-order valence-corrected chi connectivity index (χ2v) is 7.10. The summed E-state index contributed by atoms with van der Waals surface area (Å²) >= 11 is 7.85. The van der Waals surface area contributed by atoms with E-state index in [0.29, 0.717) is 17.0 Å². The van der Waals surface area contributed by atoms with Crippen LogP contribution in [0.25, 0.3) is 0 Å². The number of aryl methyl sites for hydroxylation is 1. The van der Waals surface area contributed by atoms with Gasteiger partial charge in [-0.3, -0.25) is 4.79 Å². The Balaban J connectivity index is 1.63. The van der Waals surface area contributed by atoms with Gasteiger partial charge in [0.15, 0.2) is 0 Å². The number of carbonyl (C=O) groups is 1. The minimum absolute atomic E-state index is 0.0157. The normalized spacial score (nSPS) is 16.7. The van der Waals surface area contributed by atoms with Crippen molar-refractivity contribution in [3.8, 4) is 0 Å². The van der Waals surface area contributed by atoms with Crippen molar-refractivity contribution < 1.29 is 9.18 Å². The van der Waals surface area contributed by atoms with Crippen LogP contribution in [-0.4, -0.2) is 11.7 Å². The Bertz CT molecular complexity index is 722. The Morgan fingerprint density at radius 2 is 2.13 bits per heavy atom. The molecule has 0 fully saturated rings. The highest BCUT2D eigenvalue weighted by atomic mass is 35.5. The lowest BCUT2D eigenvalue weighted by atomic mass is 10.0. The van der Waals surface area contributed by atoms with Gasteiger partial charge in [-0.05, 0) is 48.2 Å². The number of carbonyl (C=O) groups excluding carboxylic acids is 1. The average Bonchev–Trinajstić information content (AvgIpc) is 2.55. The molecule has 1 amide bonds. The summed E-state index contributed by atoms with van der Waals surface area (Å²) in [6.07, 6.45) is 1.56. The third-order valence-electron chi connectivity index (χ3n) is 3.93. The van der Waals surface area contributed by atoms with Crippen LogP contribution in [0.4, 0.5) is 4.39 Å². The van der Waals surface area contributed by atoms with E-state index >= 15 is 0 Å². The quantitative estimate of drug-likeness (QED) is 0.861. The lowest BCUT2D eigenvalue weighted by Crippen LogP contribution is -2.30. The van der Waals surface area contributed by atoms with E-state index in [1.807, 2.05) is 18.2 Å². The minimum atomic E-state index is -0.258. The Morgan fingerprint density at radius 1 is 1.30 bits per heavy atom. The van der Waals surface area contributed by atoms with Gasteiger partial charge in [-0.1, -0.05) is 29.8 Å². The van der Waals surface area contributed by atoms with Crippen molar-refractivity contribution >= 4 is 29.3 Å². The number of hydrogen-bond acceptors (Lipinski definition) is 2. The predicted molar refractivity (Wildman–Crippen MR) is 92.4 cm³/mol. The standard InChI is InChI=1S/C18H17ClFNOS/c19-13-6-7-17-14(11-13)16(9-10-23-17)21-18(22)8-5-12-3-1-2-4-15(12)20/h1-4,6-7,11,16H,5,8-10H2,(H,21,22). The Kier molecular flexibility index (Phi) is 5.23. The molecule has 2 aromatic carbocycles. The van der Waals surface area contributed by atoms with Gasteiger partial charge in [-0.25, -0.2) is 4.39 Å². The summed E-state index contributed by atoms with van der Waals surface area (Å²) in [5, 5.41) is 3.74. The van der Waals surface area contributed by atoms with Crippen molar-refractivity contribution in [2.24, 2.45) is 0 Å². The number of thioether (sulfide) groups is 1. The average molecular weight is 350 g/mol. The first-order chi connectivity index (χ1) is 11.1. The van der Waals surface area contributed by atoms with Crippen molar-refractivity contribution in [1.82, 2.24) is 5.32 Å². The van der Waals surface area contributed by atoms with E-state index in [1.165, 1.54) is 11.0 Å². The number of rotatable bonds is 4. The largest absolute Gasteiger partial charge is 0.349 e. The number of halogens is 2. The maximum absolute atomic E-state index is 13.6. The van der Waals surface area contributed by atoms with Gasteiger partial charge in [-0.2, -0.15) is 0 Å². The van der Waals surface area contributed by atoms with E-state index < -0.39 is 0 Å². The van der Waals surface area contributed by atoms with Gasteiger partial charge in [0, 0.05) is 22.1 Å². The van der Waals surface area contributed by atoms with Gasteiger partial charge in [0.2, 0.25) is 5.91 Å². The summed E-state index contributed by atoms with van der Waals surface area (Å²) in [5.74, 6) is 0.648. The van der Waals surface area contributed by atoms with Crippen LogP contribution < -0.4 is 5.32 Å². The number of amides is 1. The molecule has 120 valence electrons. The molecular weight excluding hydrogens is 333 g/mol. The monoisotopic (exact) mass is 349 g/mol. The van der Waals surface area contributed by atoms with Gasteiger partial charge in [0.05, 0.1) is 6.04 Å². The summed E-state index contributed by atoms with van der Waals surface area (Å²) in [4.78, 5) is 13.4. The smallest absolute Gasteiger partial charge is 0.220 e. The molecule has 0 aliphatic carbocycles. The van der Waals surface area contributed by atoms with Crippen LogP contribution in [0.5, 0.6) is 0 Å². The van der Waals surface area contributed by atoms with Gasteiger partial charge in [0.1, 0.15) is 5.82 Å². The third-order valence-corrected chi connectivity index (χ3v) is 5.28. The summed E-state index contributed by atoms with van der Waals surface area (Å²) in [5.41, 5.74) is 1.65. The molecule has 0 aromatic heterocycles. The number of hydrogen-bond donors (Lipinski definition) is 1. The molecule has 23 heavy (non-hydrogen) atoms.